The molecule has 0 spiro atoms. The average molecular weight is 227 g/mol. The monoisotopic (exact) mass is 227 g/mol. The molecule has 17 heavy (non-hydrogen) atoms. The Morgan fingerprint density at radius 3 is 3.06 bits per heavy atom. The van der Waals surface area contributed by atoms with Crippen LogP contribution in [0.4, 0.5) is 0 Å². The lowest BCUT2D eigenvalue weighted by molar-refractivity contribution is 0.608. The lowest BCUT2D eigenvalue weighted by Gasteiger charge is -2.07. The fourth-order valence-electron chi connectivity index (χ4n) is 2.50. The average Bonchev–Trinajstić information content (AvgIpc) is 2.96. The van der Waals surface area contributed by atoms with Crippen LogP contribution < -0.4 is 0 Å². The van der Waals surface area contributed by atoms with Crippen LogP contribution in [0, 0.1) is 0 Å². The summed E-state index contributed by atoms with van der Waals surface area (Å²) in [5.74, 6) is 0. The number of rotatable bonds is 3. The zero-order valence-corrected chi connectivity index (χ0v) is 10.2. The maximum atomic E-state index is 4.78. The summed E-state index contributed by atoms with van der Waals surface area (Å²) in [6.45, 7) is 3.13. The topological polar surface area (TPSA) is 30.7 Å². The SMILES string of the molecule is CCCn1nccc1-c1ccc2c(n1)CCC2. The molecule has 2 aromatic heterocycles. The van der Waals surface area contributed by atoms with E-state index >= 15 is 0 Å². The van der Waals surface area contributed by atoms with Gasteiger partial charge in [-0.25, -0.2) is 0 Å². The zero-order valence-electron chi connectivity index (χ0n) is 10.2. The van der Waals surface area contributed by atoms with Gasteiger partial charge in [-0.15, -0.1) is 0 Å². The van der Waals surface area contributed by atoms with Gasteiger partial charge in [0.2, 0.25) is 0 Å². The van der Waals surface area contributed by atoms with Crippen LogP contribution in [-0.2, 0) is 19.4 Å². The van der Waals surface area contributed by atoms with Gasteiger partial charge < -0.3 is 0 Å². The molecule has 2 heterocycles. The van der Waals surface area contributed by atoms with Crippen molar-refractivity contribution in [1.82, 2.24) is 14.8 Å². The minimum Gasteiger partial charge on any atom is -0.263 e. The molecule has 0 unspecified atom stereocenters. The molecule has 0 bridgehead atoms. The second kappa shape index (κ2) is 4.32. The number of hydrogen-bond acceptors (Lipinski definition) is 2. The summed E-state index contributed by atoms with van der Waals surface area (Å²) in [6, 6.07) is 6.42. The summed E-state index contributed by atoms with van der Waals surface area (Å²) in [4.78, 5) is 4.78. The van der Waals surface area contributed by atoms with Crippen molar-refractivity contribution in [2.75, 3.05) is 0 Å². The van der Waals surface area contributed by atoms with Crippen molar-refractivity contribution in [1.29, 1.82) is 0 Å². The van der Waals surface area contributed by atoms with Crippen molar-refractivity contribution >= 4 is 0 Å². The van der Waals surface area contributed by atoms with E-state index in [1.807, 2.05) is 10.9 Å². The van der Waals surface area contributed by atoms with Crippen LogP contribution in [0.15, 0.2) is 24.4 Å². The van der Waals surface area contributed by atoms with Crippen molar-refractivity contribution in [3.63, 3.8) is 0 Å². The normalized spacial score (nSPS) is 13.9. The van der Waals surface area contributed by atoms with Gasteiger partial charge in [0.15, 0.2) is 0 Å². The molecule has 2 aromatic rings. The molecule has 0 amide bonds. The Kier molecular flexibility index (Phi) is 2.67. The third-order valence-corrected chi connectivity index (χ3v) is 3.34. The molecule has 1 aliphatic rings. The summed E-state index contributed by atoms with van der Waals surface area (Å²) in [7, 11) is 0. The van der Waals surface area contributed by atoms with Crippen molar-refractivity contribution in [3.8, 4) is 11.4 Å². The molecule has 0 aromatic carbocycles. The highest BCUT2D eigenvalue weighted by molar-refractivity contribution is 5.55. The third kappa shape index (κ3) is 1.86. The van der Waals surface area contributed by atoms with E-state index in [0.29, 0.717) is 0 Å². The molecule has 0 atom stereocenters. The van der Waals surface area contributed by atoms with Crippen LogP contribution in [0.5, 0.6) is 0 Å². The third-order valence-electron chi connectivity index (χ3n) is 3.34. The standard InChI is InChI=1S/C14H17N3/c1-2-10-17-14(8-9-15-17)13-7-6-11-4-3-5-12(11)16-13/h6-9H,2-5,10H2,1H3. The van der Waals surface area contributed by atoms with Crippen LogP contribution >= 0.6 is 0 Å². The van der Waals surface area contributed by atoms with Crippen molar-refractivity contribution in [3.05, 3.63) is 35.7 Å². The molecular formula is C14H17N3. The second-order valence-corrected chi connectivity index (χ2v) is 4.60. The molecule has 0 N–H and O–H groups in total. The molecule has 0 saturated heterocycles. The van der Waals surface area contributed by atoms with Gasteiger partial charge in [-0.05, 0) is 43.4 Å². The van der Waals surface area contributed by atoms with Crippen LogP contribution in [0.25, 0.3) is 11.4 Å². The largest absolute Gasteiger partial charge is 0.263 e. The predicted molar refractivity (Wildman–Crippen MR) is 67.8 cm³/mol. The van der Waals surface area contributed by atoms with Gasteiger partial charge in [-0.1, -0.05) is 13.0 Å². The fourth-order valence-corrected chi connectivity index (χ4v) is 2.50. The van der Waals surface area contributed by atoms with Crippen molar-refractivity contribution < 1.29 is 0 Å². The Morgan fingerprint density at radius 1 is 1.24 bits per heavy atom. The smallest absolute Gasteiger partial charge is 0.0886 e. The van der Waals surface area contributed by atoms with E-state index in [2.05, 4.69) is 30.2 Å². The molecule has 3 heteroatoms. The van der Waals surface area contributed by atoms with E-state index in [9.17, 15) is 0 Å². The van der Waals surface area contributed by atoms with Crippen LogP contribution in [-0.4, -0.2) is 14.8 Å². The Labute approximate surface area is 101 Å². The van der Waals surface area contributed by atoms with Crippen LogP contribution in [0.3, 0.4) is 0 Å². The Morgan fingerprint density at radius 2 is 2.18 bits per heavy atom. The van der Waals surface area contributed by atoms with E-state index in [4.69, 9.17) is 4.98 Å². The molecule has 0 radical (unpaired) electrons. The lowest BCUT2D eigenvalue weighted by atomic mass is 10.2. The summed E-state index contributed by atoms with van der Waals surface area (Å²) >= 11 is 0. The first kappa shape index (κ1) is 10.5. The quantitative estimate of drug-likeness (QED) is 0.807. The summed E-state index contributed by atoms with van der Waals surface area (Å²) in [6.07, 6.45) is 6.53. The minimum atomic E-state index is 0.959. The van der Waals surface area contributed by atoms with E-state index in [-0.39, 0.29) is 0 Å². The Hall–Kier alpha value is -1.64. The number of aromatic nitrogens is 3. The maximum Gasteiger partial charge on any atom is 0.0886 e. The van der Waals surface area contributed by atoms with Gasteiger partial charge in [0.05, 0.1) is 11.4 Å². The molecule has 0 fully saturated rings. The second-order valence-electron chi connectivity index (χ2n) is 4.60. The highest BCUT2D eigenvalue weighted by Gasteiger charge is 2.14. The number of pyridine rings is 1. The summed E-state index contributed by atoms with van der Waals surface area (Å²) in [5.41, 5.74) is 4.92. The summed E-state index contributed by atoms with van der Waals surface area (Å²) in [5, 5.41) is 4.35. The molecule has 3 nitrogen and oxygen atoms in total. The lowest BCUT2D eigenvalue weighted by Crippen LogP contribution is -2.02. The molecule has 0 saturated carbocycles. The minimum absolute atomic E-state index is 0.959. The molecule has 88 valence electrons. The maximum absolute atomic E-state index is 4.78. The first-order chi connectivity index (χ1) is 8.38. The van der Waals surface area contributed by atoms with Gasteiger partial charge in [0, 0.05) is 18.4 Å². The summed E-state index contributed by atoms with van der Waals surface area (Å²) < 4.78 is 2.05. The van der Waals surface area contributed by atoms with E-state index in [1.165, 1.54) is 24.1 Å². The molecule has 3 rings (SSSR count). The van der Waals surface area contributed by atoms with Gasteiger partial charge in [-0.2, -0.15) is 5.10 Å². The Bertz CT molecular complexity index is 528. The zero-order chi connectivity index (χ0) is 11.7. The molecular weight excluding hydrogens is 210 g/mol. The Balaban J connectivity index is 2.00. The molecule has 1 aliphatic carbocycles. The van der Waals surface area contributed by atoms with Crippen LogP contribution in [0.1, 0.15) is 31.0 Å². The predicted octanol–water partition coefficient (Wildman–Crippen LogP) is 2.84. The van der Waals surface area contributed by atoms with E-state index in [0.717, 1.165) is 30.8 Å². The van der Waals surface area contributed by atoms with Crippen LogP contribution in [0.2, 0.25) is 0 Å². The highest BCUT2D eigenvalue weighted by atomic mass is 15.3. The number of hydrogen-bond donors (Lipinski definition) is 0. The first-order valence-corrected chi connectivity index (χ1v) is 6.39. The van der Waals surface area contributed by atoms with Gasteiger partial charge in [0.25, 0.3) is 0 Å². The highest BCUT2D eigenvalue weighted by Crippen LogP contribution is 2.24. The number of aryl methyl sites for hydroxylation is 3. The molecule has 0 aliphatic heterocycles. The number of fused-ring (bicyclic) bond motifs is 1. The van der Waals surface area contributed by atoms with E-state index in [1.54, 1.807) is 0 Å². The van der Waals surface area contributed by atoms with Crippen molar-refractivity contribution in [2.24, 2.45) is 0 Å². The van der Waals surface area contributed by atoms with Gasteiger partial charge >= 0.3 is 0 Å². The van der Waals surface area contributed by atoms with Gasteiger partial charge in [-0.3, -0.25) is 9.67 Å². The van der Waals surface area contributed by atoms with Gasteiger partial charge in [0.1, 0.15) is 0 Å². The van der Waals surface area contributed by atoms with E-state index < -0.39 is 0 Å². The first-order valence-electron chi connectivity index (χ1n) is 6.39. The van der Waals surface area contributed by atoms with Crippen molar-refractivity contribution in [2.45, 2.75) is 39.2 Å². The number of nitrogens with zero attached hydrogens (tertiary/aromatic N) is 3. The fraction of sp³-hybridized carbons (Fsp3) is 0.429.